The van der Waals surface area contributed by atoms with Gasteiger partial charge in [0.2, 0.25) is 15.9 Å². The summed E-state index contributed by atoms with van der Waals surface area (Å²) < 4.78 is 39.6. The zero-order valence-electron chi connectivity index (χ0n) is 12.6. The van der Waals surface area contributed by atoms with Crippen LogP contribution in [0.5, 0.6) is 0 Å². The highest BCUT2D eigenvalue weighted by Gasteiger charge is 2.23. The second-order valence-corrected chi connectivity index (χ2v) is 7.25. The Morgan fingerprint density at radius 1 is 1.27 bits per heavy atom. The summed E-state index contributed by atoms with van der Waals surface area (Å²) in [5.41, 5.74) is 0. The minimum Gasteiger partial charge on any atom is -0.343 e. The molecular weight excluding hydrogens is 307 g/mol. The Hall–Kier alpha value is -1.47. The molecule has 122 valence electrons. The fourth-order valence-electron chi connectivity index (χ4n) is 2.53. The number of nitrogens with zero attached hydrogens (tertiary/aromatic N) is 1. The van der Waals surface area contributed by atoms with Gasteiger partial charge in [-0.1, -0.05) is 6.92 Å². The fourth-order valence-corrected chi connectivity index (χ4v) is 3.65. The van der Waals surface area contributed by atoms with Gasteiger partial charge in [-0.25, -0.2) is 17.5 Å². The van der Waals surface area contributed by atoms with Crippen molar-refractivity contribution in [3.8, 4) is 0 Å². The maximum Gasteiger partial charge on any atom is 0.240 e. The standard InChI is InChI=1S/C15H21FN2O3S/c1-2-15(19)18-9-7-12(8-10-18)11-17-22(20,21)14-5-3-13(16)4-6-14/h3-6,12,17H,2,7-11H2,1H3. The summed E-state index contributed by atoms with van der Waals surface area (Å²) in [4.78, 5) is 13.5. The zero-order valence-corrected chi connectivity index (χ0v) is 13.4. The van der Waals surface area contributed by atoms with Crippen molar-refractivity contribution in [3.05, 3.63) is 30.1 Å². The van der Waals surface area contributed by atoms with Crippen LogP contribution in [-0.2, 0) is 14.8 Å². The lowest BCUT2D eigenvalue weighted by molar-refractivity contribution is -0.132. The van der Waals surface area contributed by atoms with Crippen LogP contribution in [0, 0.1) is 11.7 Å². The van der Waals surface area contributed by atoms with Crippen molar-refractivity contribution in [2.45, 2.75) is 31.1 Å². The van der Waals surface area contributed by atoms with Crippen LogP contribution in [0.15, 0.2) is 29.2 Å². The Morgan fingerprint density at radius 2 is 1.86 bits per heavy atom. The molecule has 1 amide bonds. The molecule has 1 aromatic carbocycles. The number of carbonyl (C=O) groups excluding carboxylic acids is 1. The molecule has 1 aliphatic heterocycles. The predicted octanol–water partition coefficient (Wildman–Crippen LogP) is 1.75. The van der Waals surface area contributed by atoms with Gasteiger partial charge in [-0.15, -0.1) is 0 Å². The molecule has 1 N–H and O–H groups in total. The van der Waals surface area contributed by atoms with Gasteiger partial charge in [0.25, 0.3) is 0 Å². The van der Waals surface area contributed by atoms with Gasteiger partial charge < -0.3 is 4.90 Å². The number of benzene rings is 1. The summed E-state index contributed by atoms with van der Waals surface area (Å²) in [5, 5.41) is 0. The Balaban J connectivity index is 1.86. The van der Waals surface area contributed by atoms with Gasteiger partial charge in [0.15, 0.2) is 0 Å². The van der Waals surface area contributed by atoms with Crippen LogP contribution in [0.3, 0.4) is 0 Å². The molecule has 1 heterocycles. The van der Waals surface area contributed by atoms with Crippen LogP contribution in [0.25, 0.3) is 0 Å². The molecule has 1 fully saturated rings. The van der Waals surface area contributed by atoms with Gasteiger partial charge in [0.05, 0.1) is 4.90 Å². The molecule has 1 aliphatic rings. The first kappa shape index (κ1) is 16.9. The topological polar surface area (TPSA) is 66.5 Å². The van der Waals surface area contributed by atoms with E-state index in [-0.39, 0.29) is 16.7 Å². The zero-order chi connectivity index (χ0) is 16.2. The highest BCUT2D eigenvalue weighted by atomic mass is 32.2. The Labute approximate surface area is 130 Å². The fraction of sp³-hybridized carbons (Fsp3) is 0.533. The van der Waals surface area contributed by atoms with Gasteiger partial charge in [-0.05, 0) is 43.0 Å². The number of likely N-dealkylation sites (tertiary alicyclic amines) is 1. The van der Waals surface area contributed by atoms with Crippen molar-refractivity contribution in [3.63, 3.8) is 0 Å². The first-order valence-electron chi connectivity index (χ1n) is 7.45. The first-order chi connectivity index (χ1) is 10.4. The molecule has 5 nitrogen and oxygen atoms in total. The normalized spacial score (nSPS) is 16.7. The lowest BCUT2D eigenvalue weighted by atomic mass is 9.97. The van der Waals surface area contributed by atoms with E-state index in [1.54, 1.807) is 0 Å². The van der Waals surface area contributed by atoms with Crippen molar-refractivity contribution in [2.24, 2.45) is 5.92 Å². The minimum atomic E-state index is -3.61. The van der Waals surface area contributed by atoms with Crippen LogP contribution >= 0.6 is 0 Å². The van der Waals surface area contributed by atoms with E-state index in [4.69, 9.17) is 0 Å². The average molecular weight is 328 g/mol. The number of halogens is 1. The molecule has 22 heavy (non-hydrogen) atoms. The number of nitrogens with one attached hydrogen (secondary N) is 1. The molecule has 0 aliphatic carbocycles. The third-order valence-electron chi connectivity index (χ3n) is 3.96. The second-order valence-electron chi connectivity index (χ2n) is 5.48. The summed E-state index contributed by atoms with van der Waals surface area (Å²) in [6.07, 6.45) is 2.08. The molecule has 0 unspecified atom stereocenters. The van der Waals surface area contributed by atoms with Crippen LogP contribution in [0.2, 0.25) is 0 Å². The van der Waals surface area contributed by atoms with Crippen molar-refractivity contribution < 1.29 is 17.6 Å². The van der Waals surface area contributed by atoms with Crippen LogP contribution in [0.1, 0.15) is 26.2 Å². The number of sulfonamides is 1. The van der Waals surface area contributed by atoms with Crippen molar-refractivity contribution in [1.29, 1.82) is 0 Å². The number of hydrogen-bond donors (Lipinski definition) is 1. The maximum atomic E-state index is 12.8. The van der Waals surface area contributed by atoms with Crippen molar-refractivity contribution in [1.82, 2.24) is 9.62 Å². The number of carbonyl (C=O) groups is 1. The lowest BCUT2D eigenvalue weighted by Crippen LogP contribution is -2.41. The van der Waals surface area contributed by atoms with Gasteiger partial charge in [-0.3, -0.25) is 4.79 Å². The molecule has 0 spiro atoms. The summed E-state index contributed by atoms with van der Waals surface area (Å²) in [6, 6.07) is 4.76. The summed E-state index contributed by atoms with van der Waals surface area (Å²) in [5.74, 6) is -0.103. The summed E-state index contributed by atoms with van der Waals surface area (Å²) in [6.45, 7) is 3.53. The summed E-state index contributed by atoms with van der Waals surface area (Å²) in [7, 11) is -3.61. The van der Waals surface area contributed by atoms with Gasteiger partial charge in [0, 0.05) is 26.1 Å². The molecule has 1 aromatic rings. The smallest absolute Gasteiger partial charge is 0.240 e. The van der Waals surface area contributed by atoms with Crippen molar-refractivity contribution >= 4 is 15.9 Å². The van der Waals surface area contributed by atoms with Crippen LogP contribution in [0.4, 0.5) is 4.39 Å². The van der Waals surface area contributed by atoms with E-state index in [0.29, 0.717) is 26.1 Å². The van der Waals surface area contributed by atoms with E-state index < -0.39 is 15.8 Å². The molecule has 2 rings (SSSR count). The van der Waals surface area contributed by atoms with E-state index >= 15 is 0 Å². The number of rotatable bonds is 5. The highest BCUT2D eigenvalue weighted by Crippen LogP contribution is 2.18. The molecule has 7 heteroatoms. The lowest BCUT2D eigenvalue weighted by Gasteiger charge is -2.31. The maximum absolute atomic E-state index is 12.8. The molecular formula is C15H21FN2O3S. The van der Waals surface area contributed by atoms with E-state index in [1.807, 2.05) is 11.8 Å². The molecule has 0 radical (unpaired) electrons. The van der Waals surface area contributed by atoms with Gasteiger partial charge in [-0.2, -0.15) is 0 Å². The van der Waals surface area contributed by atoms with E-state index in [0.717, 1.165) is 25.0 Å². The predicted molar refractivity (Wildman–Crippen MR) is 81.2 cm³/mol. The Kier molecular flexibility index (Phi) is 5.52. The number of hydrogen-bond acceptors (Lipinski definition) is 3. The Bertz CT molecular complexity index is 608. The monoisotopic (exact) mass is 328 g/mol. The first-order valence-corrected chi connectivity index (χ1v) is 8.93. The SMILES string of the molecule is CCC(=O)N1CCC(CNS(=O)(=O)c2ccc(F)cc2)CC1. The van der Waals surface area contributed by atoms with Crippen molar-refractivity contribution in [2.75, 3.05) is 19.6 Å². The van der Waals surface area contributed by atoms with Crippen LogP contribution < -0.4 is 4.72 Å². The molecule has 0 saturated carbocycles. The molecule has 1 saturated heterocycles. The average Bonchev–Trinajstić information content (AvgIpc) is 2.53. The van der Waals surface area contributed by atoms with E-state index in [9.17, 15) is 17.6 Å². The number of piperidine rings is 1. The minimum absolute atomic E-state index is 0.0625. The Morgan fingerprint density at radius 3 is 2.41 bits per heavy atom. The molecule has 0 aromatic heterocycles. The second kappa shape index (κ2) is 7.19. The quantitative estimate of drug-likeness (QED) is 0.895. The molecule has 0 atom stereocenters. The van der Waals surface area contributed by atoms with E-state index in [1.165, 1.54) is 12.1 Å². The third kappa shape index (κ3) is 4.27. The third-order valence-corrected chi connectivity index (χ3v) is 5.40. The van der Waals surface area contributed by atoms with Gasteiger partial charge in [0.1, 0.15) is 5.82 Å². The van der Waals surface area contributed by atoms with Crippen LogP contribution in [-0.4, -0.2) is 38.9 Å². The van der Waals surface area contributed by atoms with Gasteiger partial charge >= 0.3 is 0 Å². The largest absolute Gasteiger partial charge is 0.343 e. The van der Waals surface area contributed by atoms with E-state index in [2.05, 4.69) is 4.72 Å². The number of amides is 1. The summed E-state index contributed by atoms with van der Waals surface area (Å²) >= 11 is 0. The molecule has 0 bridgehead atoms. The highest BCUT2D eigenvalue weighted by molar-refractivity contribution is 7.89.